The van der Waals surface area contributed by atoms with E-state index in [1.54, 1.807) is 37.3 Å². The van der Waals surface area contributed by atoms with Gasteiger partial charge in [-0.3, -0.25) is 10.1 Å². The van der Waals surface area contributed by atoms with Gasteiger partial charge < -0.3 is 30.1 Å². The van der Waals surface area contributed by atoms with E-state index in [0.29, 0.717) is 28.6 Å². The maximum absolute atomic E-state index is 12.7. The van der Waals surface area contributed by atoms with E-state index in [-0.39, 0.29) is 30.4 Å². The normalized spacial score (nSPS) is 11.5. The summed E-state index contributed by atoms with van der Waals surface area (Å²) >= 11 is 0. The first-order chi connectivity index (χ1) is 19.5. The zero-order valence-electron chi connectivity index (χ0n) is 24.3. The van der Waals surface area contributed by atoms with E-state index in [0.717, 1.165) is 11.1 Å². The molecule has 3 rings (SSSR count). The number of carboxylic acids is 1. The number of methoxy groups -OCH3 is 1. The molecule has 4 N–H and O–H groups in total. The summed E-state index contributed by atoms with van der Waals surface area (Å²) in [6, 6.07) is 17.1. The van der Waals surface area contributed by atoms with E-state index in [4.69, 9.17) is 9.47 Å². The number of rotatable bonds is 13. The van der Waals surface area contributed by atoms with Crippen LogP contribution in [-0.4, -0.2) is 55.9 Å². The monoisotopic (exact) mass is 562 g/mol. The van der Waals surface area contributed by atoms with E-state index in [1.165, 1.54) is 13.2 Å². The van der Waals surface area contributed by atoms with E-state index in [9.17, 15) is 19.5 Å². The van der Waals surface area contributed by atoms with Crippen LogP contribution in [0, 0.1) is 6.92 Å². The molecule has 3 aromatic carbocycles. The number of aromatic carboxylic acids is 1. The third-order valence-corrected chi connectivity index (χ3v) is 6.56. The minimum atomic E-state index is -1.02. The van der Waals surface area contributed by atoms with Crippen LogP contribution in [0.1, 0.15) is 42.3 Å². The van der Waals surface area contributed by atoms with Crippen molar-refractivity contribution in [1.82, 2.24) is 5.32 Å². The number of para-hydroxylation sites is 1. The number of Topliss-reactive ketones (excluding diaryl/α,β-unsaturated/α-hetero) is 1. The molecule has 1 atom stereocenters. The Bertz CT molecular complexity index is 1390. The van der Waals surface area contributed by atoms with Crippen LogP contribution in [0.15, 0.2) is 60.7 Å². The number of ketones is 1. The Labute approximate surface area is 240 Å². The first kappa shape index (κ1) is 31.0. The van der Waals surface area contributed by atoms with Crippen LogP contribution >= 0.6 is 0 Å². The quantitative estimate of drug-likeness (QED) is 0.206. The molecule has 1 unspecified atom stereocenters. The Hall–Kier alpha value is -4.57. The van der Waals surface area contributed by atoms with Crippen LogP contribution in [0.2, 0.25) is 0 Å². The van der Waals surface area contributed by atoms with Gasteiger partial charge in [-0.15, -0.1) is 0 Å². The molecule has 0 spiro atoms. The van der Waals surface area contributed by atoms with Crippen molar-refractivity contribution < 1.29 is 29.0 Å². The van der Waals surface area contributed by atoms with Gasteiger partial charge in [-0.1, -0.05) is 24.3 Å². The molecule has 10 heteroatoms. The summed E-state index contributed by atoms with van der Waals surface area (Å²) in [6.45, 7) is 7.74. The van der Waals surface area contributed by atoms with Gasteiger partial charge in [-0.05, 0) is 75.2 Å². The number of carbonyl (C=O) groups is 3. The first-order valence-electron chi connectivity index (χ1n) is 13.3. The highest BCUT2D eigenvalue weighted by Gasteiger charge is 2.18. The average molecular weight is 563 g/mol. The van der Waals surface area contributed by atoms with Crippen LogP contribution < -0.4 is 30.3 Å². The van der Waals surface area contributed by atoms with Crippen molar-refractivity contribution in [2.24, 2.45) is 0 Å². The number of nitrogens with zero attached hydrogens (tertiary/aromatic N) is 1. The van der Waals surface area contributed by atoms with Gasteiger partial charge in [-0.25, -0.2) is 9.59 Å². The van der Waals surface area contributed by atoms with Gasteiger partial charge in [0.15, 0.2) is 5.78 Å². The molecule has 218 valence electrons. The van der Waals surface area contributed by atoms with Crippen molar-refractivity contribution in [2.75, 3.05) is 36.2 Å². The number of urea groups is 1. The van der Waals surface area contributed by atoms with E-state index < -0.39 is 18.2 Å². The molecule has 0 radical (unpaired) electrons. The molecule has 0 aliphatic rings. The van der Waals surface area contributed by atoms with Gasteiger partial charge in [0.25, 0.3) is 0 Å². The third kappa shape index (κ3) is 8.71. The number of ether oxygens (including phenoxy) is 2. The molecule has 0 heterocycles. The summed E-state index contributed by atoms with van der Waals surface area (Å²) in [6.07, 6.45) is -0.359. The molecule has 0 bridgehead atoms. The number of hydrogen-bond donors (Lipinski definition) is 4. The average Bonchev–Trinajstić information content (AvgIpc) is 2.93. The number of aryl methyl sites for hydroxylation is 1. The molecule has 2 amide bonds. The fourth-order valence-electron chi connectivity index (χ4n) is 4.02. The van der Waals surface area contributed by atoms with Crippen molar-refractivity contribution in [1.29, 1.82) is 0 Å². The maximum atomic E-state index is 12.7. The van der Waals surface area contributed by atoms with E-state index >= 15 is 0 Å². The second kappa shape index (κ2) is 14.2. The fourth-order valence-corrected chi connectivity index (χ4v) is 4.02. The largest absolute Gasteiger partial charge is 0.495 e. The molecular formula is C31H38N4O6. The lowest BCUT2D eigenvalue weighted by atomic mass is 10.1. The second-order valence-corrected chi connectivity index (χ2v) is 9.98. The Kier molecular flexibility index (Phi) is 10.7. The van der Waals surface area contributed by atoms with Gasteiger partial charge in [0, 0.05) is 25.2 Å². The lowest BCUT2D eigenvalue weighted by Gasteiger charge is -2.28. The molecule has 10 nitrogen and oxygen atoms in total. The lowest BCUT2D eigenvalue weighted by Crippen LogP contribution is -2.36. The van der Waals surface area contributed by atoms with Crippen molar-refractivity contribution in [3.8, 4) is 11.5 Å². The Morgan fingerprint density at radius 1 is 0.927 bits per heavy atom. The molecule has 0 fully saturated rings. The number of amides is 2. The molecule has 41 heavy (non-hydrogen) atoms. The Morgan fingerprint density at radius 3 is 2.29 bits per heavy atom. The van der Waals surface area contributed by atoms with Gasteiger partial charge in [0.1, 0.15) is 17.7 Å². The summed E-state index contributed by atoms with van der Waals surface area (Å²) in [5.74, 6) is -0.136. The van der Waals surface area contributed by atoms with Crippen LogP contribution in [0.3, 0.4) is 0 Å². The summed E-state index contributed by atoms with van der Waals surface area (Å²) in [4.78, 5) is 38.6. The number of anilines is 3. The highest BCUT2D eigenvalue weighted by molar-refractivity contribution is 6.01. The second-order valence-electron chi connectivity index (χ2n) is 9.98. The summed E-state index contributed by atoms with van der Waals surface area (Å²) in [5.41, 5.74) is 3.67. The maximum Gasteiger partial charge on any atom is 0.335 e. The lowest BCUT2D eigenvalue weighted by molar-refractivity contribution is -0.118. The van der Waals surface area contributed by atoms with Crippen LogP contribution in [-0.2, 0) is 11.2 Å². The zero-order chi connectivity index (χ0) is 30.1. The van der Waals surface area contributed by atoms with Crippen LogP contribution in [0.5, 0.6) is 11.5 Å². The van der Waals surface area contributed by atoms with Gasteiger partial charge >= 0.3 is 12.0 Å². The topological polar surface area (TPSA) is 129 Å². The zero-order valence-corrected chi connectivity index (χ0v) is 24.3. The summed E-state index contributed by atoms with van der Waals surface area (Å²) in [5, 5.41) is 18.1. The van der Waals surface area contributed by atoms with Crippen molar-refractivity contribution in [3.63, 3.8) is 0 Å². The minimum Gasteiger partial charge on any atom is -0.495 e. The highest BCUT2D eigenvalue weighted by atomic mass is 16.5. The minimum absolute atomic E-state index is 0.0604. The van der Waals surface area contributed by atoms with Crippen molar-refractivity contribution in [3.05, 3.63) is 77.4 Å². The fraction of sp³-hybridized carbons (Fsp3) is 0.323. The third-order valence-electron chi connectivity index (χ3n) is 6.56. The van der Waals surface area contributed by atoms with Gasteiger partial charge in [0.2, 0.25) is 0 Å². The number of carbonyl (C=O) groups excluding carboxylic acids is 2. The molecule has 0 aliphatic heterocycles. The predicted molar refractivity (Wildman–Crippen MR) is 161 cm³/mol. The van der Waals surface area contributed by atoms with Crippen LogP contribution in [0.25, 0.3) is 0 Å². The molecule has 0 saturated heterocycles. The molecule has 0 aromatic heterocycles. The summed E-state index contributed by atoms with van der Waals surface area (Å²) < 4.78 is 11.5. The number of nitrogens with one attached hydrogen (secondary N) is 3. The Morgan fingerprint density at radius 2 is 1.63 bits per heavy atom. The molecule has 0 aliphatic carbocycles. The van der Waals surface area contributed by atoms with Gasteiger partial charge in [0.05, 0.1) is 30.6 Å². The Balaban J connectivity index is 1.58. The number of carboxylic acid groups (broad SMARTS) is 1. The van der Waals surface area contributed by atoms with Gasteiger partial charge in [-0.2, -0.15) is 0 Å². The van der Waals surface area contributed by atoms with E-state index in [2.05, 4.69) is 16.0 Å². The van der Waals surface area contributed by atoms with E-state index in [1.807, 2.05) is 57.0 Å². The first-order valence-corrected chi connectivity index (χ1v) is 13.3. The molecular weight excluding hydrogens is 524 g/mol. The molecule has 0 saturated carbocycles. The van der Waals surface area contributed by atoms with Crippen LogP contribution in [0.4, 0.5) is 21.9 Å². The summed E-state index contributed by atoms with van der Waals surface area (Å²) in [7, 11) is 3.37. The smallest absolute Gasteiger partial charge is 0.335 e. The predicted octanol–water partition coefficient (Wildman–Crippen LogP) is 5.32. The van der Waals surface area contributed by atoms with Crippen molar-refractivity contribution >= 4 is 34.8 Å². The van der Waals surface area contributed by atoms with Crippen molar-refractivity contribution in [2.45, 2.75) is 46.4 Å². The standard InChI is InChI=1S/C31H38N4O6/c1-19(2)35(5)27-17-23(30(37)38)12-14-28(27)41-21(4)32-18-24(36)15-22-11-13-26(29(16-22)40-6)34-31(39)33-25-10-8-7-9-20(25)3/h7-14,16-17,19,21,32H,15,18H2,1-6H3,(H,37,38)(H2,33,34,39). The highest BCUT2D eigenvalue weighted by Crippen LogP contribution is 2.31. The number of hydrogen-bond acceptors (Lipinski definition) is 7. The molecule has 3 aromatic rings. The number of benzene rings is 3. The SMILES string of the molecule is COc1cc(CC(=O)CNC(C)Oc2ccc(C(=O)O)cc2N(C)C(C)C)ccc1NC(=O)Nc1ccccc1C.